The number of carbonyl (C=O) groups is 2. The van der Waals surface area contributed by atoms with E-state index < -0.39 is 6.04 Å². The summed E-state index contributed by atoms with van der Waals surface area (Å²) in [5.41, 5.74) is 0.591. The number of amides is 2. The second kappa shape index (κ2) is 4.44. The van der Waals surface area contributed by atoms with Gasteiger partial charge in [0.15, 0.2) is 0 Å². The predicted octanol–water partition coefficient (Wildman–Crippen LogP) is 1.76. The molecule has 1 saturated heterocycles. The summed E-state index contributed by atoms with van der Waals surface area (Å²) < 4.78 is 13.4. The lowest BCUT2D eigenvalue weighted by atomic mass is 10.2. The zero-order valence-electron chi connectivity index (χ0n) is 9.04. The molecule has 0 spiro atoms. The van der Waals surface area contributed by atoms with Gasteiger partial charge in [0.25, 0.3) is 5.91 Å². The van der Waals surface area contributed by atoms with Crippen molar-refractivity contribution in [1.82, 2.24) is 4.90 Å². The maximum atomic E-state index is 12.9. The van der Waals surface area contributed by atoms with E-state index in [-0.39, 0.29) is 24.1 Å². The number of likely N-dealkylation sites (tertiary alicyclic amines) is 1. The van der Waals surface area contributed by atoms with Crippen molar-refractivity contribution in [2.45, 2.75) is 12.5 Å². The molecule has 1 aromatic carbocycles. The van der Waals surface area contributed by atoms with Crippen LogP contribution in [0.2, 0.25) is 0 Å². The van der Waals surface area contributed by atoms with Gasteiger partial charge >= 0.3 is 0 Å². The van der Waals surface area contributed by atoms with Crippen LogP contribution < -0.4 is 5.32 Å². The molecule has 0 saturated carbocycles. The summed E-state index contributed by atoms with van der Waals surface area (Å²) >= 11 is 3.19. The Labute approximate surface area is 106 Å². The van der Waals surface area contributed by atoms with Crippen LogP contribution in [0.3, 0.4) is 0 Å². The highest BCUT2D eigenvalue weighted by Gasteiger charge is 2.36. The Morgan fingerprint density at radius 3 is 2.71 bits per heavy atom. The molecule has 2 amide bonds. The molecule has 6 heteroatoms. The molecule has 17 heavy (non-hydrogen) atoms. The van der Waals surface area contributed by atoms with E-state index in [4.69, 9.17) is 0 Å². The van der Waals surface area contributed by atoms with Gasteiger partial charge in [0.1, 0.15) is 11.9 Å². The number of likely N-dealkylation sites (N-methyl/N-ethyl adjacent to an activating group) is 1. The molecular weight excluding hydrogens is 291 g/mol. The van der Waals surface area contributed by atoms with Gasteiger partial charge in [-0.05, 0) is 34.1 Å². The summed E-state index contributed by atoms with van der Waals surface area (Å²) in [4.78, 5) is 24.1. The Hall–Kier alpha value is -1.43. The SMILES string of the molecule is CN1C(=O)CC(Nc2ccc(F)cc2Br)C1=O. The molecular formula is C11H10BrFN2O2. The van der Waals surface area contributed by atoms with Crippen molar-refractivity contribution in [1.29, 1.82) is 0 Å². The van der Waals surface area contributed by atoms with E-state index in [1.165, 1.54) is 25.2 Å². The van der Waals surface area contributed by atoms with E-state index >= 15 is 0 Å². The number of anilines is 1. The zero-order valence-corrected chi connectivity index (χ0v) is 10.6. The maximum Gasteiger partial charge on any atom is 0.251 e. The van der Waals surface area contributed by atoms with Crippen molar-refractivity contribution in [2.24, 2.45) is 0 Å². The van der Waals surface area contributed by atoms with Gasteiger partial charge in [0.2, 0.25) is 5.91 Å². The van der Waals surface area contributed by atoms with Crippen LogP contribution in [0.4, 0.5) is 10.1 Å². The van der Waals surface area contributed by atoms with Crippen LogP contribution in [0.5, 0.6) is 0 Å². The molecule has 1 aromatic rings. The lowest BCUT2D eigenvalue weighted by Gasteiger charge is -2.13. The Morgan fingerprint density at radius 1 is 1.47 bits per heavy atom. The first-order chi connectivity index (χ1) is 7.99. The Morgan fingerprint density at radius 2 is 2.18 bits per heavy atom. The van der Waals surface area contributed by atoms with Gasteiger partial charge in [-0.2, -0.15) is 0 Å². The molecule has 1 unspecified atom stereocenters. The molecule has 90 valence electrons. The summed E-state index contributed by atoms with van der Waals surface area (Å²) in [6.07, 6.45) is 0.124. The minimum Gasteiger partial charge on any atom is -0.372 e. The third-order valence-electron chi connectivity index (χ3n) is 2.64. The fourth-order valence-corrected chi connectivity index (χ4v) is 2.13. The number of hydrogen-bond acceptors (Lipinski definition) is 3. The van der Waals surface area contributed by atoms with E-state index in [9.17, 15) is 14.0 Å². The predicted molar refractivity (Wildman–Crippen MR) is 63.9 cm³/mol. The van der Waals surface area contributed by atoms with E-state index in [1.807, 2.05) is 0 Å². The molecule has 0 aromatic heterocycles. The minimum absolute atomic E-state index is 0.124. The molecule has 2 rings (SSSR count). The van der Waals surface area contributed by atoms with Crippen LogP contribution in [0.15, 0.2) is 22.7 Å². The van der Waals surface area contributed by atoms with Gasteiger partial charge < -0.3 is 5.32 Å². The van der Waals surface area contributed by atoms with Gasteiger partial charge in [-0.1, -0.05) is 0 Å². The highest BCUT2D eigenvalue weighted by molar-refractivity contribution is 9.10. The summed E-state index contributed by atoms with van der Waals surface area (Å²) in [5, 5.41) is 2.92. The summed E-state index contributed by atoms with van der Waals surface area (Å²) in [7, 11) is 1.45. The van der Waals surface area contributed by atoms with E-state index in [2.05, 4.69) is 21.2 Å². The standard InChI is InChI=1S/C11H10BrFN2O2/c1-15-10(16)5-9(11(15)17)14-8-3-2-6(13)4-7(8)12/h2-4,9,14H,5H2,1H3. The second-order valence-electron chi connectivity index (χ2n) is 3.82. The van der Waals surface area contributed by atoms with E-state index in [0.717, 1.165) is 4.90 Å². The van der Waals surface area contributed by atoms with E-state index in [1.54, 1.807) is 0 Å². The number of rotatable bonds is 2. The highest BCUT2D eigenvalue weighted by atomic mass is 79.9. The molecule has 1 N–H and O–H groups in total. The van der Waals surface area contributed by atoms with Gasteiger partial charge in [0, 0.05) is 17.2 Å². The number of imide groups is 1. The average molecular weight is 301 g/mol. The number of halogens is 2. The van der Waals surface area contributed by atoms with Gasteiger partial charge in [-0.25, -0.2) is 4.39 Å². The smallest absolute Gasteiger partial charge is 0.251 e. The first kappa shape index (κ1) is 12.0. The molecule has 1 fully saturated rings. The van der Waals surface area contributed by atoms with Crippen molar-refractivity contribution in [2.75, 3.05) is 12.4 Å². The largest absolute Gasteiger partial charge is 0.372 e. The third-order valence-corrected chi connectivity index (χ3v) is 3.30. The number of nitrogens with zero attached hydrogens (tertiary/aromatic N) is 1. The van der Waals surface area contributed by atoms with Gasteiger partial charge in [-0.3, -0.25) is 14.5 Å². The Kier molecular flexibility index (Phi) is 3.15. The Bertz CT molecular complexity index is 492. The van der Waals surface area contributed by atoms with Crippen LogP contribution >= 0.6 is 15.9 Å². The maximum absolute atomic E-state index is 12.9. The molecule has 1 aliphatic rings. The molecule has 1 aliphatic heterocycles. The number of hydrogen-bond donors (Lipinski definition) is 1. The Balaban J connectivity index is 2.17. The third kappa shape index (κ3) is 2.31. The van der Waals surface area contributed by atoms with Gasteiger partial charge in [-0.15, -0.1) is 0 Å². The topological polar surface area (TPSA) is 49.4 Å². The fourth-order valence-electron chi connectivity index (χ4n) is 1.66. The summed E-state index contributed by atoms with van der Waals surface area (Å²) in [5.74, 6) is -0.856. The molecule has 0 aliphatic carbocycles. The van der Waals surface area contributed by atoms with Crippen LogP contribution in [-0.2, 0) is 9.59 Å². The van der Waals surface area contributed by atoms with Crippen LogP contribution in [0.25, 0.3) is 0 Å². The summed E-state index contributed by atoms with van der Waals surface area (Å²) in [6.45, 7) is 0. The summed E-state index contributed by atoms with van der Waals surface area (Å²) in [6, 6.07) is 3.54. The zero-order chi connectivity index (χ0) is 12.6. The fraction of sp³-hybridized carbons (Fsp3) is 0.273. The lowest BCUT2D eigenvalue weighted by Crippen LogP contribution is -2.31. The number of carbonyl (C=O) groups excluding carboxylic acids is 2. The molecule has 0 bridgehead atoms. The van der Waals surface area contributed by atoms with Crippen molar-refractivity contribution in [3.63, 3.8) is 0 Å². The number of nitrogens with one attached hydrogen (secondary N) is 1. The van der Waals surface area contributed by atoms with Gasteiger partial charge in [0.05, 0.1) is 6.42 Å². The molecule has 4 nitrogen and oxygen atoms in total. The van der Waals surface area contributed by atoms with Crippen molar-refractivity contribution in [3.8, 4) is 0 Å². The first-order valence-corrected chi connectivity index (χ1v) is 5.80. The van der Waals surface area contributed by atoms with Crippen molar-refractivity contribution >= 4 is 33.4 Å². The normalized spacial score (nSPS) is 19.9. The van der Waals surface area contributed by atoms with Crippen LogP contribution in [0.1, 0.15) is 6.42 Å². The number of benzene rings is 1. The monoisotopic (exact) mass is 300 g/mol. The molecule has 1 atom stereocenters. The van der Waals surface area contributed by atoms with Crippen LogP contribution in [-0.4, -0.2) is 29.8 Å². The second-order valence-corrected chi connectivity index (χ2v) is 4.67. The first-order valence-electron chi connectivity index (χ1n) is 5.01. The lowest BCUT2D eigenvalue weighted by molar-refractivity contribution is -0.136. The minimum atomic E-state index is -0.575. The molecule has 1 heterocycles. The average Bonchev–Trinajstić information content (AvgIpc) is 2.50. The van der Waals surface area contributed by atoms with Crippen molar-refractivity contribution < 1.29 is 14.0 Å². The highest BCUT2D eigenvalue weighted by Crippen LogP contribution is 2.25. The van der Waals surface area contributed by atoms with E-state index in [0.29, 0.717) is 10.2 Å². The molecule has 0 radical (unpaired) electrons. The van der Waals surface area contributed by atoms with Crippen LogP contribution in [0, 0.1) is 5.82 Å². The van der Waals surface area contributed by atoms with Crippen molar-refractivity contribution in [3.05, 3.63) is 28.5 Å². The quantitative estimate of drug-likeness (QED) is 0.847.